The zero-order chi connectivity index (χ0) is 18.6. The number of hydrogen-bond acceptors (Lipinski definition) is 5. The number of para-hydroxylation sites is 1. The summed E-state index contributed by atoms with van der Waals surface area (Å²) in [5.74, 6) is 2.76. The van der Waals surface area contributed by atoms with Gasteiger partial charge in [-0.2, -0.15) is 0 Å². The lowest BCUT2D eigenvalue weighted by molar-refractivity contribution is 0.249. The van der Waals surface area contributed by atoms with Crippen molar-refractivity contribution in [1.29, 1.82) is 0 Å². The lowest BCUT2D eigenvalue weighted by atomic mass is 10.1. The molecule has 1 aliphatic rings. The van der Waals surface area contributed by atoms with Crippen LogP contribution in [0.25, 0.3) is 10.9 Å². The number of hydrogen-bond donors (Lipinski definition) is 0. The van der Waals surface area contributed by atoms with Crippen molar-refractivity contribution in [2.75, 3.05) is 45.3 Å². The minimum atomic E-state index is 0.825. The number of nitrogens with zero attached hydrogens (tertiary/aromatic N) is 3. The molecule has 2 heterocycles. The Morgan fingerprint density at radius 3 is 2.48 bits per heavy atom. The minimum absolute atomic E-state index is 0.825. The molecule has 0 saturated carbocycles. The molecule has 1 saturated heterocycles. The molecule has 27 heavy (non-hydrogen) atoms. The molecule has 5 heteroatoms. The van der Waals surface area contributed by atoms with Gasteiger partial charge in [0.25, 0.3) is 0 Å². The number of piperazine rings is 1. The van der Waals surface area contributed by atoms with E-state index in [-0.39, 0.29) is 0 Å². The third kappa shape index (κ3) is 3.83. The highest BCUT2D eigenvalue weighted by atomic mass is 16.5. The van der Waals surface area contributed by atoms with Crippen molar-refractivity contribution in [2.45, 2.75) is 6.54 Å². The quantitative estimate of drug-likeness (QED) is 0.693. The van der Waals surface area contributed by atoms with E-state index < -0.39 is 0 Å². The van der Waals surface area contributed by atoms with Crippen LogP contribution in [0.5, 0.6) is 11.5 Å². The molecule has 140 valence electrons. The molecule has 1 aromatic heterocycles. The normalized spacial score (nSPS) is 15.1. The molecule has 4 rings (SSSR count). The highest BCUT2D eigenvalue weighted by Crippen LogP contribution is 2.26. The van der Waals surface area contributed by atoms with E-state index in [1.807, 2.05) is 18.2 Å². The Morgan fingerprint density at radius 2 is 1.70 bits per heavy atom. The van der Waals surface area contributed by atoms with Gasteiger partial charge in [-0.05, 0) is 35.9 Å². The van der Waals surface area contributed by atoms with Gasteiger partial charge in [0.1, 0.15) is 22.8 Å². The standard InChI is InChI=1S/C22H25N3O2/c1-26-19-7-3-5-17(15-19)16-24-11-13-25(14-12-24)21-10-9-18-6-4-8-20(27-2)22(18)23-21/h3-10,15H,11-14,16H2,1-2H3. The third-order valence-corrected chi connectivity index (χ3v) is 5.13. The van der Waals surface area contributed by atoms with Crippen LogP contribution >= 0.6 is 0 Å². The molecule has 0 aliphatic carbocycles. The Hall–Kier alpha value is -2.79. The zero-order valence-corrected chi connectivity index (χ0v) is 15.9. The lowest BCUT2D eigenvalue weighted by Gasteiger charge is -2.35. The van der Waals surface area contributed by atoms with Gasteiger partial charge in [0.2, 0.25) is 0 Å². The summed E-state index contributed by atoms with van der Waals surface area (Å²) in [6.07, 6.45) is 0. The lowest BCUT2D eigenvalue weighted by Crippen LogP contribution is -2.46. The van der Waals surface area contributed by atoms with Crippen LogP contribution in [0, 0.1) is 0 Å². The summed E-state index contributed by atoms with van der Waals surface area (Å²) < 4.78 is 10.8. The van der Waals surface area contributed by atoms with E-state index in [0.717, 1.165) is 60.9 Å². The fraction of sp³-hybridized carbons (Fsp3) is 0.318. The van der Waals surface area contributed by atoms with Gasteiger partial charge in [-0.1, -0.05) is 24.3 Å². The predicted molar refractivity (Wildman–Crippen MR) is 109 cm³/mol. The van der Waals surface area contributed by atoms with E-state index in [1.54, 1.807) is 14.2 Å². The molecule has 0 amide bonds. The van der Waals surface area contributed by atoms with Crippen LogP contribution < -0.4 is 14.4 Å². The SMILES string of the molecule is COc1cccc(CN2CCN(c3ccc4cccc(OC)c4n3)CC2)c1. The van der Waals surface area contributed by atoms with E-state index in [9.17, 15) is 0 Å². The molecule has 0 atom stereocenters. The molecule has 1 aliphatic heterocycles. The molecular formula is C22H25N3O2. The number of pyridine rings is 1. The average molecular weight is 363 g/mol. The first-order valence-electron chi connectivity index (χ1n) is 9.31. The van der Waals surface area contributed by atoms with Gasteiger partial charge >= 0.3 is 0 Å². The second-order valence-electron chi connectivity index (χ2n) is 6.82. The maximum absolute atomic E-state index is 5.47. The van der Waals surface area contributed by atoms with E-state index in [2.05, 4.69) is 46.2 Å². The summed E-state index contributed by atoms with van der Waals surface area (Å²) >= 11 is 0. The Labute approximate surface area is 160 Å². The Kier molecular flexibility index (Phi) is 5.12. The highest BCUT2D eigenvalue weighted by molar-refractivity contribution is 5.86. The number of methoxy groups -OCH3 is 2. The van der Waals surface area contributed by atoms with Crippen molar-refractivity contribution in [1.82, 2.24) is 9.88 Å². The predicted octanol–water partition coefficient (Wildman–Crippen LogP) is 3.57. The fourth-order valence-electron chi connectivity index (χ4n) is 3.61. The molecule has 1 fully saturated rings. The number of rotatable bonds is 5. The smallest absolute Gasteiger partial charge is 0.145 e. The van der Waals surface area contributed by atoms with Gasteiger partial charge in [-0.25, -0.2) is 4.98 Å². The molecule has 0 N–H and O–H groups in total. The molecular weight excluding hydrogens is 338 g/mol. The van der Waals surface area contributed by atoms with Gasteiger partial charge in [-0.15, -0.1) is 0 Å². The van der Waals surface area contributed by atoms with Crippen molar-refractivity contribution >= 4 is 16.7 Å². The van der Waals surface area contributed by atoms with Crippen molar-refractivity contribution in [3.63, 3.8) is 0 Å². The van der Waals surface area contributed by atoms with Crippen LogP contribution in [0.15, 0.2) is 54.6 Å². The van der Waals surface area contributed by atoms with E-state index in [4.69, 9.17) is 14.5 Å². The molecule has 5 nitrogen and oxygen atoms in total. The first-order chi connectivity index (χ1) is 13.3. The number of aromatic nitrogens is 1. The second kappa shape index (κ2) is 7.84. The summed E-state index contributed by atoms with van der Waals surface area (Å²) in [6.45, 7) is 4.92. The van der Waals surface area contributed by atoms with Crippen LogP contribution in [-0.2, 0) is 6.54 Å². The van der Waals surface area contributed by atoms with Crippen molar-refractivity contribution in [2.24, 2.45) is 0 Å². The van der Waals surface area contributed by atoms with Gasteiger partial charge < -0.3 is 14.4 Å². The maximum atomic E-state index is 5.47. The minimum Gasteiger partial charge on any atom is -0.497 e. The fourth-order valence-corrected chi connectivity index (χ4v) is 3.61. The first kappa shape index (κ1) is 17.6. The molecule has 3 aromatic rings. The number of benzene rings is 2. The van der Waals surface area contributed by atoms with Gasteiger partial charge in [0, 0.05) is 38.1 Å². The summed E-state index contributed by atoms with van der Waals surface area (Å²) in [7, 11) is 3.41. The maximum Gasteiger partial charge on any atom is 0.145 e. The van der Waals surface area contributed by atoms with Crippen LogP contribution in [-0.4, -0.2) is 50.3 Å². The summed E-state index contributed by atoms with van der Waals surface area (Å²) in [5.41, 5.74) is 2.22. The summed E-state index contributed by atoms with van der Waals surface area (Å²) in [5, 5.41) is 1.11. The highest BCUT2D eigenvalue weighted by Gasteiger charge is 2.19. The number of anilines is 1. The summed E-state index contributed by atoms with van der Waals surface area (Å²) in [4.78, 5) is 9.70. The van der Waals surface area contributed by atoms with E-state index in [0.29, 0.717) is 0 Å². The Balaban J connectivity index is 1.43. The Bertz CT molecular complexity index is 920. The van der Waals surface area contributed by atoms with Gasteiger partial charge in [0.15, 0.2) is 0 Å². The van der Waals surface area contributed by atoms with Crippen LogP contribution in [0.1, 0.15) is 5.56 Å². The monoisotopic (exact) mass is 363 g/mol. The van der Waals surface area contributed by atoms with Gasteiger partial charge in [0.05, 0.1) is 14.2 Å². The van der Waals surface area contributed by atoms with Gasteiger partial charge in [-0.3, -0.25) is 4.90 Å². The van der Waals surface area contributed by atoms with Crippen molar-refractivity contribution in [3.8, 4) is 11.5 Å². The average Bonchev–Trinajstić information content (AvgIpc) is 2.73. The Morgan fingerprint density at radius 1 is 0.889 bits per heavy atom. The van der Waals surface area contributed by atoms with Crippen molar-refractivity contribution in [3.05, 3.63) is 60.2 Å². The van der Waals surface area contributed by atoms with Crippen LogP contribution in [0.3, 0.4) is 0 Å². The van der Waals surface area contributed by atoms with Crippen LogP contribution in [0.4, 0.5) is 5.82 Å². The number of fused-ring (bicyclic) bond motifs is 1. The molecule has 0 radical (unpaired) electrons. The second-order valence-corrected chi connectivity index (χ2v) is 6.82. The van der Waals surface area contributed by atoms with E-state index >= 15 is 0 Å². The van der Waals surface area contributed by atoms with Crippen molar-refractivity contribution < 1.29 is 9.47 Å². The molecule has 0 bridgehead atoms. The zero-order valence-electron chi connectivity index (χ0n) is 15.9. The molecule has 0 spiro atoms. The van der Waals surface area contributed by atoms with E-state index in [1.165, 1.54) is 5.56 Å². The van der Waals surface area contributed by atoms with Crippen LogP contribution in [0.2, 0.25) is 0 Å². The topological polar surface area (TPSA) is 37.8 Å². The largest absolute Gasteiger partial charge is 0.497 e. The third-order valence-electron chi connectivity index (χ3n) is 5.13. The summed E-state index contributed by atoms with van der Waals surface area (Å²) in [6, 6.07) is 18.6. The molecule has 0 unspecified atom stereocenters. The number of ether oxygens (including phenoxy) is 2. The first-order valence-corrected chi connectivity index (χ1v) is 9.31. The molecule has 2 aromatic carbocycles.